The van der Waals surface area contributed by atoms with Gasteiger partial charge in [-0.2, -0.15) is 0 Å². The van der Waals surface area contributed by atoms with Crippen LogP contribution in [0.3, 0.4) is 0 Å². The summed E-state index contributed by atoms with van der Waals surface area (Å²) in [5.41, 5.74) is 0.742. The summed E-state index contributed by atoms with van der Waals surface area (Å²) >= 11 is 0. The number of hydrogen-bond donors (Lipinski definition) is 1. The van der Waals surface area contributed by atoms with Crippen molar-refractivity contribution in [3.8, 4) is 0 Å². The van der Waals surface area contributed by atoms with Crippen molar-refractivity contribution in [2.24, 2.45) is 11.3 Å². The van der Waals surface area contributed by atoms with Gasteiger partial charge in [0.25, 0.3) is 0 Å². The molecular formula is C14H28N2. The Kier molecular flexibility index (Phi) is 4.26. The summed E-state index contributed by atoms with van der Waals surface area (Å²) in [5.74, 6) is 0.916. The SMILES string of the molecule is CCCNCC1CCN(CC2(CC)CC2)C1. The van der Waals surface area contributed by atoms with Crippen LogP contribution in [0.5, 0.6) is 0 Å². The molecule has 0 bridgehead atoms. The lowest BCUT2D eigenvalue weighted by atomic mass is 10.0. The molecule has 2 nitrogen and oxygen atoms in total. The van der Waals surface area contributed by atoms with Crippen LogP contribution in [-0.2, 0) is 0 Å². The number of likely N-dealkylation sites (tertiary alicyclic amines) is 1. The van der Waals surface area contributed by atoms with Gasteiger partial charge in [0.1, 0.15) is 0 Å². The third-order valence-corrected chi connectivity index (χ3v) is 4.50. The van der Waals surface area contributed by atoms with Crippen molar-refractivity contribution in [2.45, 2.75) is 46.0 Å². The second-order valence-corrected chi connectivity index (χ2v) is 5.95. The van der Waals surface area contributed by atoms with Crippen LogP contribution in [0, 0.1) is 11.3 Å². The smallest absolute Gasteiger partial charge is 0.00380 e. The van der Waals surface area contributed by atoms with Crippen LogP contribution in [0.15, 0.2) is 0 Å². The molecule has 94 valence electrons. The lowest BCUT2D eigenvalue weighted by Crippen LogP contribution is -2.30. The zero-order chi connectivity index (χ0) is 11.4. The number of hydrogen-bond acceptors (Lipinski definition) is 2. The molecule has 1 saturated heterocycles. The Morgan fingerprint density at radius 2 is 2.12 bits per heavy atom. The van der Waals surface area contributed by atoms with E-state index >= 15 is 0 Å². The quantitative estimate of drug-likeness (QED) is 0.668. The molecule has 2 heteroatoms. The molecule has 1 unspecified atom stereocenters. The highest BCUT2D eigenvalue weighted by atomic mass is 15.2. The molecule has 2 aliphatic rings. The van der Waals surface area contributed by atoms with Crippen LogP contribution in [0.25, 0.3) is 0 Å². The minimum atomic E-state index is 0.742. The highest BCUT2D eigenvalue weighted by Crippen LogP contribution is 2.49. The third-order valence-electron chi connectivity index (χ3n) is 4.50. The molecule has 0 aromatic heterocycles. The Hall–Kier alpha value is -0.0800. The predicted molar refractivity (Wildman–Crippen MR) is 69.7 cm³/mol. The third kappa shape index (κ3) is 3.21. The maximum absolute atomic E-state index is 3.56. The summed E-state index contributed by atoms with van der Waals surface area (Å²) in [4.78, 5) is 2.72. The maximum Gasteiger partial charge on any atom is 0.00380 e. The molecule has 0 aromatic carbocycles. The van der Waals surface area contributed by atoms with Gasteiger partial charge < -0.3 is 10.2 Å². The maximum atomic E-state index is 3.56. The molecule has 1 heterocycles. The lowest BCUT2D eigenvalue weighted by Gasteiger charge is -2.22. The molecule has 1 aliphatic heterocycles. The highest BCUT2D eigenvalue weighted by molar-refractivity contribution is 4.95. The zero-order valence-corrected chi connectivity index (χ0v) is 11.1. The summed E-state index contributed by atoms with van der Waals surface area (Å²) in [6, 6.07) is 0. The van der Waals surface area contributed by atoms with E-state index in [-0.39, 0.29) is 0 Å². The molecule has 1 saturated carbocycles. The van der Waals surface area contributed by atoms with Gasteiger partial charge in [-0.15, -0.1) is 0 Å². The minimum Gasteiger partial charge on any atom is -0.316 e. The molecule has 0 radical (unpaired) electrons. The Bertz CT molecular complexity index is 211. The Morgan fingerprint density at radius 1 is 1.31 bits per heavy atom. The van der Waals surface area contributed by atoms with Crippen molar-refractivity contribution in [1.82, 2.24) is 10.2 Å². The minimum absolute atomic E-state index is 0.742. The van der Waals surface area contributed by atoms with E-state index in [1.165, 1.54) is 64.8 Å². The van der Waals surface area contributed by atoms with Crippen LogP contribution in [0.2, 0.25) is 0 Å². The first-order chi connectivity index (χ1) is 7.78. The first-order valence-corrected chi connectivity index (χ1v) is 7.21. The van der Waals surface area contributed by atoms with Gasteiger partial charge in [0, 0.05) is 13.1 Å². The average molecular weight is 224 g/mol. The standard InChI is InChI=1S/C14H28N2/c1-3-8-15-10-13-5-9-16(11-13)12-14(4-2)6-7-14/h13,15H,3-12H2,1-2H3. The van der Waals surface area contributed by atoms with Crippen LogP contribution in [0.1, 0.15) is 46.0 Å². The van der Waals surface area contributed by atoms with E-state index in [0.29, 0.717) is 0 Å². The average Bonchev–Trinajstić information content (AvgIpc) is 2.93. The summed E-state index contributed by atoms with van der Waals surface area (Å²) in [5, 5.41) is 3.56. The van der Waals surface area contributed by atoms with E-state index in [2.05, 4.69) is 24.1 Å². The first kappa shape index (κ1) is 12.4. The van der Waals surface area contributed by atoms with Gasteiger partial charge in [-0.05, 0) is 63.1 Å². The van der Waals surface area contributed by atoms with Gasteiger partial charge in [-0.1, -0.05) is 13.8 Å². The largest absolute Gasteiger partial charge is 0.316 e. The van der Waals surface area contributed by atoms with E-state index in [1.54, 1.807) is 0 Å². The van der Waals surface area contributed by atoms with E-state index in [4.69, 9.17) is 0 Å². The van der Waals surface area contributed by atoms with E-state index in [9.17, 15) is 0 Å². The first-order valence-electron chi connectivity index (χ1n) is 7.21. The van der Waals surface area contributed by atoms with Gasteiger partial charge in [-0.25, -0.2) is 0 Å². The normalized spacial score (nSPS) is 28.5. The van der Waals surface area contributed by atoms with Crippen molar-refractivity contribution in [3.63, 3.8) is 0 Å². The van der Waals surface area contributed by atoms with Crippen molar-refractivity contribution < 1.29 is 0 Å². The highest BCUT2D eigenvalue weighted by Gasteiger charge is 2.42. The molecule has 1 atom stereocenters. The van der Waals surface area contributed by atoms with Crippen molar-refractivity contribution in [2.75, 3.05) is 32.7 Å². The van der Waals surface area contributed by atoms with Gasteiger partial charge >= 0.3 is 0 Å². The summed E-state index contributed by atoms with van der Waals surface area (Å²) in [6.45, 7) is 11.1. The molecule has 0 amide bonds. The van der Waals surface area contributed by atoms with Crippen molar-refractivity contribution in [1.29, 1.82) is 0 Å². The fourth-order valence-electron chi connectivity index (χ4n) is 2.98. The van der Waals surface area contributed by atoms with Gasteiger partial charge in [0.05, 0.1) is 0 Å². The van der Waals surface area contributed by atoms with Crippen LogP contribution < -0.4 is 5.32 Å². The van der Waals surface area contributed by atoms with Gasteiger partial charge in [0.2, 0.25) is 0 Å². The van der Waals surface area contributed by atoms with Crippen LogP contribution >= 0.6 is 0 Å². The number of rotatable bonds is 7. The Morgan fingerprint density at radius 3 is 2.75 bits per heavy atom. The van der Waals surface area contributed by atoms with Crippen LogP contribution in [-0.4, -0.2) is 37.6 Å². The molecule has 2 fully saturated rings. The van der Waals surface area contributed by atoms with Gasteiger partial charge in [0.15, 0.2) is 0 Å². The molecule has 1 aliphatic carbocycles. The van der Waals surface area contributed by atoms with E-state index in [1.807, 2.05) is 0 Å². The molecular weight excluding hydrogens is 196 g/mol. The van der Waals surface area contributed by atoms with Gasteiger partial charge in [-0.3, -0.25) is 0 Å². The molecule has 16 heavy (non-hydrogen) atoms. The summed E-state index contributed by atoms with van der Waals surface area (Å²) < 4.78 is 0. The monoisotopic (exact) mass is 224 g/mol. The molecule has 2 rings (SSSR count). The molecule has 0 spiro atoms. The number of nitrogens with zero attached hydrogens (tertiary/aromatic N) is 1. The molecule has 0 aromatic rings. The zero-order valence-electron chi connectivity index (χ0n) is 11.1. The molecule has 1 N–H and O–H groups in total. The Balaban J connectivity index is 1.63. The lowest BCUT2D eigenvalue weighted by molar-refractivity contribution is 0.250. The second kappa shape index (κ2) is 5.50. The van der Waals surface area contributed by atoms with E-state index < -0.39 is 0 Å². The predicted octanol–water partition coefficient (Wildman–Crippen LogP) is 2.50. The number of nitrogens with one attached hydrogen (secondary N) is 1. The fraction of sp³-hybridized carbons (Fsp3) is 1.00. The summed E-state index contributed by atoms with van der Waals surface area (Å²) in [6.07, 6.45) is 7.03. The Labute approximate surface area is 101 Å². The fourth-order valence-corrected chi connectivity index (χ4v) is 2.98. The second-order valence-electron chi connectivity index (χ2n) is 5.95. The van der Waals surface area contributed by atoms with Crippen molar-refractivity contribution in [3.05, 3.63) is 0 Å². The van der Waals surface area contributed by atoms with Crippen molar-refractivity contribution >= 4 is 0 Å². The summed E-state index contributed by atoms with van der Waals surface area (Å²) in [7, 11) is 0. The topological polar surface area (TPSA) is 15.3 Å². The van der Waals surface area contributed by atoms with E-state index in [0.717, 1.165) is 11.3 Å². The van der Waals surface area contributed by atoms with Crippen LogP contribution in [0.4, 0.5) is 0 Å².